The number of nitrogens with zero attached hydrogens (tertiary/aromatic N) is 7. The first kappa shape index (κ1) is 15.1. The van der Waals surface area contributed by atoms with Crippen molar-refractivity contribution in [2.45, 2.75) is 13.5 Å². The van der Waals surface area contributed by atoms with Gasteiger partial charge in [-0.1, -0.05) is 11.2 Å². The van der Waals surface area contributed by atoms with Gasteiger partial charge in [0.15, 0.2) is 5.65 Å². The van der Waals surface area contributed by atoms with Crippen LogP contribution in [0.4, 0.5) is 0 Å². The molecule has 0 fully saturated rings. The van der Waals surface area contributed by atoms with Crippen molar-refractivity contribution in [1.29, 1.82) is 0 Å². The molecule has 25 heavy (non-hydrogen) atoms. The number of aryl methyl sites for hydroxylation is 2. The van der Waals surface area contributed by atoms with Crippen molar-refractivity contribution in [2.24, 2.45) is 12.2 Å². The van der Waals surface area contributed by atoms with Crippen LogP contribution in [0.15, 0.2) is 48.0 Å². The molecule has 124 valence electrons. The highest BCUT2D eigenvalue weighted by atomic mass is 16.3. The number of nitroso groups, excluding NO2 is 1. The van der Waals surface area contributed by atoms with Gasteiger partial charge >= 0.3 is 0 Å². The van der Waals surface area contributed by atoms with Gasteiger partial charge in [-0.25, -0.2) is 14.5 Å². The summed E-state index contributed by atoms with van der Waals surface area (Å²) in [5.74, 6) is 0. The van der Waals surface area contributed by atoms with Gasteiger partial charge in [-0.3, -0.25) is 4.98 Å². The molecule has 8 heteroatoms. The number of imidazole rings is 2. The average molecular weight is 333 g/mol. The van der Waals surface area contributed by atoms with Crippen LogP contribution >= 0.6 is 0 Å². The summed E-state index contributed by atoms with van der Waals surface area (Å²) in [6.07, 6.45) is 3.35. The third-order valence-corrected chi connectivity index (χ3v) is 3.97. The lowest BCUT2D eigenvalue weighted by Crippen LogP contribution is -2.02. The first-order valence-electron chi connectivity index (χ1n) is 7.76. The summed E-state index contributed by atoms with van der Waals surface area (Å²) in [6.45, 7) is 1.97. The predicted octanol–water partition coefficient (Wildman–Crippen LogP) is 2.77. The minimum Gasteiger partial charge on any atom is -0.332 e. The highest BCUT2D eigenvalue weighted by Gasteiger charge is 2.17. The van der Waals surface area contributed by atoms with Crippen LogP contribution in [0.5, 0.6) is 0 Å². The quantitative estimate of drug-likeness (QED) is 0.536. The van der Waals surface area contributed by atoms with E-state index in [1.54, 1.807) is 17.0 Å². The fraction of sp³-hybridized carbons (Fsp3) is 0.176. The summed E-state index contributed by atoms with van der Waals surface area (Å²) >= 11 is 0. The molecule has 0 aliphatic rings. The SMILES string of the molecule is Cc1cccc(-c2ncn(C)c2-c2ccc3ncc(CN=O)n3n2)n1. The Morgan fingerprint density at radius 3 is 2.80 bits per heavy atom. The van der Waals surface area contributed by atoms with E-state index in [0.717, 1.165) is 28.5 Å². The third kappa shape index (κ3) is 2.57. The minimum absolute atomic E-state index is 0.0231. The Hall–Kier alpha value is -3.42. The zero-order valence-electron chi connectivity index (χ0n) is 13.8. The Kier molecular flexibility index (Phi) is 3.57. The van der Waals surface area contributed by atoms with Crippen LogP contribution in [0, 0.1) is 11.8 Å². The van der Waals surface area contributed by atoms with Crippen LogP contribution in [-0.2, 0) is 13.6 Å². The maximum absolute atomic E-state index is 10.6. The molecule has 4 aromatic rings. The highest BCUT2D eigenvalue weighted by Crippen LogP contribution is 2.28. The van der Waals surface area contributed by atoms with E-state index in [9.17, 15) is 4.91 Å². The summed E-state index contributed by atoms with van der Waals surface area (Å²) < 4.78 is 3.54. The number of hydrogen-bond donors (Lipinski definition) is 0. The Bertz CT molecular complexity index is 1080. The average Bonchev–Trinajstić information content (AvgIpc) is 3.19. The molecule has 0 spiro atoms. The molecule has 0 aromatic carbocycles. The van der Waals surface area contributed by atoms with Crippen LogP contribution < -0.4 is 0 Å². The lowest BCUT2D eigenvalue weighted by Gasteiger charge is -2.07. The lowest BCUT2D eigenvalue weighted by atomic mass is 10.1. The van der Waals surface area contributed by atoms with Gasteiger partial charge in [0.25, 0.3) is 0 Å². The summed E-state index contributed by atoms with van der Waals surface area (Å²) in [5, 5.41) is 7.57. The van der Waals surface area contributed by atoms with Gasteiger partial charge in [-0.15, -0.1) is 0 Å². The van der Waals surface area contributed by atoms with Gasteiger partial charge in [0.1, 0.15) is 17.9 Å². The summed E-state index contributed by atoms with van der Waals surface area (Å²) in [4.78, 5) is 23.9. The molecule has 4 aromatic heterocycles. The largest absolute Gasteiger partial charge is 0.332 e. The van der Waals surface area contributed by atoms with Gasteiger partial charge in [0.05, 0.1) is 29.6 Å². The minimum atomic E-state index is 0.0231. The van der Waals surface area contributed by atoms with E-state index in [0.29, 0.717) is 11.3 Å². The fourth-order valence-corrected chi connectivity index (χ4v) is 2.82. The Balaban J connectivity index is 1.90. The van der Waals surface area contributed by atoms with Crippen molar-refractivity contribution in [3.05, 3.63) is 59.2 Å². The van der Waals surface area contributed by atoms with Crippen molar-refractivity contribution < 1.29 is 0 Å². The summed E-state index contributed by atoms with van der Waals surface area (Å²) in [7, 11) is 1.91. The second-order valence-electron chi connectivity index (χ2n) is 5.74. The second-order valence-corrected chi connectivity index (χ2v) is 5.74. The normalized spacial score (nSPS) is 11.1. The third-order valence-electron chi connectivity index (χ3n) is 3.97. The van der Waals surface area contributed by atoms with Gasteiger partial charge in [-0.2, -0.15) is 10.0 Å². The number of rotatable bonds is 4. The van der Waals surface area contributed by atoms with Crippen molar-refractivity contribution in [2.75, 3.05) is 0 Å². The molecule has 0 unspecified atom stereocenters. The van der Waals surface area contributed by atoms with Crippen LogP contribution in [0.1, 0.15) is 11.4 Å². The maximum Gasteiger partial charge on any atom is 0.153 e. The molecule has 0 bridgehead atoms. The van der Waals surface area contributed by atoms with Gasteiger partial charge in [0, 0.05) is 12.7 Å². The van der Waals surface area contributed by atoms with E-state index in [4.69, 9.17) is 0 Å². The molecule has 0 radical (unpaired) electrons. The van der Waals surface area contributed by atoms with E-state index in [1.165, 1.54) is 0 Å². The number of pyridine rings is 1. The van der Waals surface area contributed by atoms with Crippen LogP contribution in [0.3, 0.4) is 0 Å². The molecule has 0 amide bonds. The first-order chi connectivity index (χ1) is 12.2. The molecular weight excluding hydrogens is 318 g/mol. The van der Waals surface area contributed by atoms with Gasteiger partial charge in [-0.05, 0) is 31.2 Å². The standard InChI is InChI=1S/C17H15N7O/c1-11-4-3-5-13(21-11)16-17(23(2)10-19-16)14-6-7-15-18-8-12(9-20-25)24(15)22-14/h3-8,10H,9H2,1-2H3. The van der Waals surface area contributed by atoms with E-state index >= 15 is 0 Å². The maximum atomic E-state index is 10.6. The lowest BCUT2D eigenvalue weighted by molar-refractivity contribution is 0.836. The highest BCUT2D eigenvalue weighted by molar-refractivity contribution is 5.75. The summed E-state index contributed by atoms with van der Waals surface area (Å²) in [6, 6.07) is 9.57. The topological polar surface area (TPSA) is 90.3 Å². The van der Waals surface area contributed by atoms with Gasteiger partial charge < -0.3 is 4.57 Å². The van der Waals surface area contributed by atoms with Crippen molar-refractivity contribution >= 4 is 5.65 Å². The van der Waals surface area contributed by atoms with Crippen molar-refractivity contribution in [3.63, 3.8) is 0 Å². The zero-order valence-corrected chi connectivity index (χ0v) is 13.8. The van der Waals surface area contributed by atoms with Crippen LogP contribution in [0.2, 0.25) is 0 Å². The molecule has 0 saturated carbocycles. The second kappa shape index (κ2) is 5.90. The van der Waals surface area contributed by atoms with E-state index in [-0.39, 0.29) is 6.54 Å². The van der Waals surface area contributed by atoms with Crippen LogP contribution in [0.25, 0.3) is 28.4 Å². The number of aromatic nitrogens is 6. The Morgan fingerprint density at radius 1 is 1.12 bits per heavy atom. The fourth-order valence-electron chi connectivity index (χ4n) is 2.82. The van der Waals surface area contributed by atoms with E-state index in [1.807, 2.05) is 48.9 Å². The molecule has 0 saturated heterocycles. The molecule has 0 aliphatic carbocycles. The van der Waals surface area contributed by atoms with Crippen molar-refractivity contribution in [1.82, 2.24) is 29.1 Å². The predicted molar refractivity (Wildman–Crippen MR) is 92.7 cm³/mol. The Morgan fingerprint density at radius 2 is 2.00 bits per heavy atom. The molecule has 0 atom stereocenters. The molecule has 8 nitrogen and oxygen atoms in total. The van der Waals surface area contributed by atoms with E-state index < -0.39 is 0 Å². The molecule has 0 N–H and O–H groups in total. The van der Waals surface area contributed by atoms with E-state index in [2.05, 4.69) is 25.2 Å². The monoisotopic (exact) mass is 333 g/mol. The number of fused-ring (bicyclic) bond motifs is 1. The molecule has 4 rings (SSSR count). The first-order valence-corrected chi connectivity index (χ1v) is 7.76. The molecular formula is C17H15N7O. The van der Waals surface area contributed by atoms with Gasteiger partial charge in [0.2, 0.25) is 0 Å². The summed E-state index contributed by atoms with van der Waals surface area (Å²) in [5.41, 5.74) is 5.34. The molecule has 4 heterocycles. The molecule has 0 aliphatic heterocycles. The van der Waals surface area contributed by atoms with Crippen molar-refractivity contribution in [3.8, 4) is 22.8 Å². The smallest absolute Gasteiger partial charge is 0.153 e. The number of hydrogen-bond acceptors (Lipinski definition) is 6. The Labute approximate surface area is 143 Å². The zero-order chi connectivity index (χ0) is 17.4. The van der Waals surface area contributed by atoms with Crippen LogP contribution in [-0.4, -0.2) is 29.1 Å².